The Hall–Kier alpha value is -4.68. The molecule has 1 atom stereocenters. The van der Waals surface area contributed by atoms with E-state index in [2.05, 4.69) is 15.2 Å². The maximum atomic E-state index is 14.7. The number of benzene rings is 2. The fourth-order valence-electron chi connectivity index (χ4n) is 5.84. The largest absolute Gasteiger partial charge is 0.478 e. The summed E-state index contributed by atoms with van der Waals surface area (Å²) in [5.41, 5.74) is 4.39. The molecule has 0 spiro atoms. The van der Waals surface area contributed by atoms with Gasteiger partial charge in [-0.2, -0.15) is 0 Å². The summed E-state index contributed by atoms with van der Waals surface area (Å²) < 4.78 is 20.2. The number of halogens is 1. The Morgan fingerprint density at radius 2 is 1.98 bits per heavy atom. The predicted molar refractivity (Wildman–Crippen MR) is 163 cm³/mol. The van der Waals surface area contributed by atoms with Gasteiger partial charge < -0.3 is 20.1 Å². The predicted octanol–water partition coefficient (Wildman–Crippen LogP) is 4.25. The smallest absolute Gasteiger partial charge is 0.338 e. The van der Waals surface area contributed by atoms with Crippen LogP contribution < -0.4 is 10.2 Å². The number of nitrogens with zero attached hydrogens (tertiary/aromatic N) is 4. The number of amides is 1. The second-order valence-corrected chi connectivity index (χ2v) is 11.6. The Morgan fingerprint density at radius 1 is 1.18 bits per heavy atom. The minimum absolute atomic E-state index is 0.0789. The quantitative estimate of drug-likeness (QED) is 0.361. The van der Waals surface area contributed by atoms with Crippen LogP contribution in [0.4, 0.5) is 10.1 Å². The van der Waals surface area contributed by atoms with E-state index in [1.807, 2.05) is 5.38 Å². The molecule has 0 radical (unpaired) electrons. The number of rotatable bonds is 8. The van der Waals surface area contributed by atoms with Crippen molar-refractivity contribution < 1.29 is 28.6 Å². The van der Waals surface area contributed by atoms with Crippen LogP contribution in [0.25, 0.3) is 0 Å². The number of carbonyl (C=O) groups excluding carboxylic acids is 2. The maximum Gasteiger partial charge on any atom is 0.338 e. The second-order valence-electron chi connectivity index (χ2n) is 10.7. The van der Waals surface area contributed by atoms with Crippen molar-refractivity contribution in [3.05, 3.63) is 104 Å². The van der Waals surface area contributed by atoms with Crippen LogP contribution in [-0.2, 0) is 14.3 Å². The number of esters is 1. The number of anilines is 1. The molecule has 0 bridgehead atoms. The molecular formula is C32H30FN5O5S. The van der Waals surface area contributed by atoms with Gasteiger partial charge in [0, 0.05) is 54.7 Å². The minimum atomic E-state index is -1.02. The van der Waals surface area contributed by atoms with Gasteiger partial charge in [-0.1, -0.05) is 12.1 Å². The number of hydrogen-bond acceptors (Lipinski definition) is 9. The number of amidine groups is 1. The maximum absolute atomic E-state index is 14.7. The number of ether oxygens (including phenoxy) is 1. The van der Waals surface area contributed by atoms with E-state index >= 15 is 0 Å². The van der Waals surface area contributed by atoms with E-state index in [1.54, 1.807) is 49.2 Å². The Kier molecular flexibility index (Phi) is 8.11. The Morgan fingerprint density at radius 3 is 2.68 bits per heavy atom. The van der Waals surface area contributed by atoms with Crippen molar-refractivity contribution in [2.24, 2.45) is 4.99 Å². The molecule has 1 aromatic heterocycles. The molecule has 4 heterocycles. The number of thiazole rings is 1. The van der Waals surface area contributed by atoms with Gasteiger partial charge in [0.1, 0.15) is 11.9 Å². The molecule has 0 saturated heterocycles. The molecule has 2 N–H and O–H groups in total. The molecule has 3 aliphatic heterocycles. The number of carboxylic acid groups (broad SMARTS) is 1. The first-order valence-electron chi connectivity index (χ1n) is 14.2. The van der Waals surface area contributed by atoms with Crippen molar-refractivity contribution in [3.63, 3.8) is 0 Å². The lowest BCUT2D eigenvalue weighted by molar-refractivity contribution is -0.139. The average molecular weight is 616 g/mol. The van der Waals surface area contributed by atoms with Gasteiger partial charge in [0.25, 0.3) is 5.91 Å². The lowest BCUT2D eigenvalue weighted by Crippen LogP contribution is -2.41. The highest BCUT2D eigenvalue weighted by atomic mass is 32.1. The molecule has 0 saturated carbocycles. The first-order valence-corrected chi connectivity index (χ1v) is 15.1. The molecule has 3 aromatic rings. The fourth-order valence-corrected chi connectivity index (χ4v) is 6.42. The fraction of sp³-hybridized carbons (Fsp3) is 0.281. The molecule has 0 aliphatic carbocycles. The third-order valence-corrected chi connectivity index (χ3v) is 8.82. The molecule has 6 rings (SSSR count). The van der Waals surface area contributed by atoms with E-state index in [-0.39, 0.29) is 23.9 Å². The zero-order valence-corrected chi connectivity index (χ0v) is 25.0. The Labute approximate surface area is 257 Å². The average Bonchev–Trinajstić information content (AvgIpc) is 3.67. The lowest BCUT2D eigenvalue weighted by atomic mass is 9.92. The standard InChI is InChI=1S/C32H30FN5O5S/c1-3-43-32(42)26-25(35-28(29-34-12-14-44-29)36-27(26)22-5-4-6-24(33)18(22)2)17-37-13-11-23-20(15-37)16-38(30(23)39)21-9-7-19(8-10-21)31(40)41/h4-10,12,14,27H,3,11,13,15-17H2,1-2H3,(H,35,36)(H,40,41)/t27-/m0/s1. The summed E-state index contributed by atoms with van der Waals surface area (Å²) in [5, 5.41) is 15.0. The Bertz CT molecular complexity index is 1730. The number of aliphatic imine (C=N–C) groups is 1. The molecule has 226 valence electrons. The molecule has 12 heteroatoms. The van der Waals surface area contributed by atoms with Gasteiger partial charge in [-0.15, -0.1) is 11.3 Å². The van der Waals surface area contributed by atoms with Crippen molar-refractivity contribution in [1.29, 1.82) is 0 Å². The summed E-state index contributed by atoms with van der Waals surface area (Å²) in [6.07, 6.45) is 2.20. The van der Waals surface area contributed by atoms with E-state index in [1.165, 1.54) is 29.5 Å². The number of hydrogen-bond donors (Lipinski definition) is 2. The number of carbonyl (C=O) groups is 3. The molecule has 1 amide bonds. The third kappa shape index (κ3) is 5.53. The van der Waals surface area contributed by atoms with Gasteiger partial charge >= 0.3 is 11.9 Å². The summed E-state index contributed by atoms with van der Waals surface area (Å²) in [6, 6.07) is 10.2. The molecule has 0 unspecified atom stereocenters. The first-order chi connectivity index (χ1) is 21.2. The van der Waals surface area contributed by atoms with Crippen LogP contribution in [0.3, 0.4) is 0 Å². The summed E-state index contributed by atoms with van der Waals surface area (Å²) in [5.74, 6) is -1.54. The zero-order valence-electron chi connectivity index (χ0n) is 24.2. The normalized spacial score (nSPS) is 18.7. The van der Waals surface area contributed by atoms with E-state index in [0.29, 0.717) is 71.5 Å². The summed E-state index contributed by atoms with van der Waals surface area (Å²) in [6.45, 7) is 5.37. The third-order valence-electron chi connectivity index (χ3n) is 8.04. The van der Waals surface area contributed by atoms with Crippen molar-refractivity contribution in [2.75, 3.05) is 37.7 Å². The number of carboxylic acids is 1. The molecule has 3 aliphatic rings. The van der Waals surface area contributed by atoms with E-state index in [9.17, 15) is 23.9 Å². The van der Waals surface area contributed by atoms with Crippen molar-refractivity contribution >= 4 is 40.7 Å². The van der Waals surface area contributed by atoms with Crippen LogP contribution in [0.15, 0.2) is 81.5 Å². The zero-order chi connectivity index (χ0) is 31.0. The van der Waals surface area contributed by atoms with Crippen LogP contribution in [0.2, 0.25) is 0 Å². The second kappa shape index (κ2) is 12.1. The molecule has 44 heavy (non-hydrogen) atoms. The number of aromatic nitrogens is 1. The van der Waals surface area contributed by atoms with Crippen LogP contribution in [0.5, 0.6) is 0 Å². The van der Waals surface area contributed by atoms with Gasteiger partial charge in [-0.3, -0.25) is 14.7 Å². The summed E-state index contributed by atoms with van der Waals surface area (Å²) in [4.78, 5) is 51.2. The lowest BCUT2D eigenvalue weighted by Gasteiger charge is -2.33. The molecule has 0 fully saturated rings. The van der Waals surface area contributed by atoms with Crippen molar-refractivity contribution in [3.8, 4) is 0 Å². The molecule has 10 nitrogen and oxygen atoms in total. The van der Waals surface area contributed by atoms with Crippen LogP contribution >= 0.6 is 11.3 Å². The van der Waals surface area contributed by atoms with Crippen LogP contribution in [-0.4, -0.2) is 71.5 Å². The SMILES string of the molecule is CCOC(=O)C1=C(CN2CCC3=C(C2)CN(c2ccc(C(=O)O)cc2)C3=O)NC(c2nccs2)=N[C@H]1c1cccc(F)c1C. The highest BCUT2D eigenvalue weighted by Gasteiger charge is 2.38. The first kappa shape index (κ1) is 29.4. The van der Waals surface area contributed by atoms with E-state index in [4.69, 9.17) is 9.73 Å². The molecular weight excluding hydrogens is 585 g/mol. The molecule has 2 aromatic carbocycles. The van der Waals surface area contributed by atoms with Crippen molar-refractivity contribution in [2.45, 2.75) is 26.3 Å². The van der Waals surface area contributed by atoms with Gasteiger partial charge in [0.05, 0.1) is 17.7 Å². The number of nitrogens with one attached hydrogen (secondary N) is 1. The van der Waals surface area contributed by atoms with Crippen LogP contribution in [0.1, 0.15) is 45.9 Å². The Balaban J connectivity index is 1.31. The van der Waals surface area contributed by atoms with E-state index < -0.39 is 18.0 Å². The van der Waals surface area contributed by atoms with E-state index in [0.717, 1.165) is 11.1 Å². The van der Waals surface area contributed by atoms with Crippen LogP contribution in [0, 0.1) is 12.7 Å². The topological polar surface area (TPSA) is 124 Å². The van der Waals surface area contributed by atoms with Gasteiger partial charge in [-0.05, 0) is 67.3 Å². The van der Waals surface area contributed by atoms with Gasteiger partial charge in [0.2, 0.25) is 0 Å². The summed E-state index contributed by atoms with van der Waals surface area (Å²) >= 11 is 1.40. The highest BCUT2D eigenvalue weighted by Crippen LogP contribution is 2.36. The highest BCUT2D eigenvalue weighted by molar-refractivity contribution is 7.11. The van der Waals surface area contributed by atoms with Crippen molar-refractivity contribution in [1.82, 2.24) is 15.2 Å². The minimum Gasteiger partial charge on any atom is -0.478 e. The summed E-state index contributed by atoms with van der Waals surface area (Å²) in [7, 11) is 0. The van der Waals surface area contributed by atoms with Gasteiger partial charge in [0.15, 0.2) is 10.8 Å². The monoisotopic (exact) mass is 615 g/mol. The number of aromatic carboxylic acids is 1. The van der Waals surface area contributed by atoms with Gasteiger partial charge in [-0.25, -0.2) is 19.0 Å².